The summed E-state index contributed by atoms with van der Waals surface area (Å²) >= 11 is 1.31. The molecule has 1 saturated heterocycles. The second kappa shape index (κ2) is 5.77. The lowest BCUT2D eigenvalue weighted by Gasteiger charge is -2.47. The van der Waals surface area contributed by atoms with Gasteiger partial charge in [0, 0.05) is 12.0 Å². The first kappa shape index (κ1) is 15.8. The van der Waals surface area contributed by atoms with E-state index in [4.69, 9.17) is 9.84 Å². The number of para-hydroxylation sites is 1. The normalized spacial score (nSPS) is 29.0. The molecule has 2 aromatic carbocycles. The first-order valence-corrected chi connectivity index (χ1v) is 9.78. The van der Waals surface area contributed by atoms with Crippen molar-refractivity contribution >= 4 is 22.7 Å². The van der Waals surface area contributed by atoms with Gasteiger partial charge in [-0.15, -0.1) is 0 Å². The Hall–Kier alpha value is -2.47. The lowest BCUT2D eigenvalue weighted by Crippen LogP contribution is -2.65. The van der Waals surface area contributed by atoms with Gasteiger partial charge < -0.3 is 4.74 Å². The Morgan fingerprint density at radius 2 is 2.00 bits per heavy atom. The summed E-state index contributed by atoms with van der Waals surface area (Å²) in [5, 5.41) is 9.93. The minimum absolute atomic E-state index is 0.0234. The highest BCUT2D eigenvalue weighted by Crippen LogP contribution is 2.51. The predicted octanol–water partition coefficient (Wildman–Crippen LogP) is 4.12. The number of rotatable bonds is 2. The Morgan fingerprint density at radius 3 is 2.81 bits per heavy atom. The molecule has 3 unspecified atom stereocenters. The number of fused-ring (bicyclic) bond motifs is 4. The van der Waals surface area contributed by atoms with E-state index in [0.29, 0.717) is 0 Å². The highest BCUT2D eigenvalue weighted by atomic mass is 32.2. The van der Waals surface area contributed by atoms with E-state index in [2.05, 4.69) is 30.4 Å². The molecular weight excluding hydrogens is 346 g/mol. The largest absolute Gasteiger partial charge is 0.447 e. The van der Waals surface area contributed by atoms with Crippen molar-refractivity contribution in [2.75, 3.05) is 0 Å². The molecular formula is C20H19N3O2S. The van der Waals surface area contributed by atoms with Crippen molar-refractivity contribution in [1.82, 2.24) is 10.3 Å². The molecule has 1 spiro atoms. The zero-order valence-corrected chi connectivity index (χ0v) is 15.2. The third-order valence-electron chi connectivity index (χ3n) is 5.24. The van der Waals surface area contributed by atoms with Crippen LogP contribution in [0.5, 0.6) is 5.75 Å². The summed E-state index contributed by atoms with van der Waals surface area (Å²) in [7, 11) is 0. The number of hydrazone groups is 1. The van der Waals surface area contributed by atoms with Crippen molar-refractivity contribution in [1.29, 1.82) is 0 Å². The Bertz CT molecular complexity index is 901. The number of amides is 1. The molecule has 3 aliphatic rings. The maximum Gasteiger partial charge on any atom is 0.292 e. The van der Waals surface area contributed by atoms with E-state index in [-0.39, 0.29) is 16.5 Å². The zero-order chi connectivity index (χ0) is 17.7. The number of carbonyl (C=O) groups is 1. The third-order valence-corrected chi connectivity index (χ3v) is 6.49. The number of ether oxygens (including phenoxy) is 1. The standard InChI is InChI=1S/C20H19N3O2S/c1-2-18-20(21-19(24)26-18)23-16(14-10-6-7-11-17(14)25-20)12-15(22-23)13-8-4-3-5-9-13/h3-11,16,18H,2,12H2,1H3,(H,21,24). The van der Waals surface area contributed by atoms with Gasteiger partial charge in [-0.2, -0.15) is 5.10 Å². The molecule has 2 aromatic rings. The van der Waals surface area contributed by atoms with Crippen LogP contribution in [0.2, 0.25) is 0 Å². The van der Waals surface area contributed by atoms with E-state index in [1.807, 2.05) is 41.4 Å². The quantitative estimate of drug-likeness (QED) is 0.870. The number of carbonyl (C=O) groups excluding carboxylic acids is 1. The van der Waals surface area contributed by atoms with Crippen LogP contribution in [0.25, 0.3) is 0 Å². The molecule has 1 amide bonds. The highest BCUT2D eigenvalue weighted by Gasteiger charge is 2.60. The molecule has 0 saturated carbocycles. The van der Waals surface area contributed by atoms with Crippen molar-refractivity contribution < 1.29 is 9.53 Å². The molecule has 6 heteroatoms. The highest BCUT2D eigenvalue weighted by molar-refractivity contribution is 8.14. The lowest BCUT2D eigenvalue weighted by molar-refractivity contribution is -0.130. The first-order chi connectivity index (χ1) is 12.7. The van der Waals surface area contributed by atoms with E-state index in [1.165, 1.54) is 11.8 Å². The summed E-state index contributed by atoms with van der Waals surface area (Å²) in [5.41, 5.74) is 3.25. The maximum atomic E-state index is 12.2. The topological polar surface area (TPSA) is 53.9 Å². The van der Waals surface area contributed by atoms with Crippen LogP contribution in [0.4, 0.5) is 4.79 Å². The zero-order valence-electron chi connectivity index (χ0n) is 14.4. The van der Waals surface area contributed by atoms with Gasteiger partial charge in [0.2, 0.25) is 0 Å². The van der Waals surface area contributed by atoms with Gasteiger partial charge in [0.15, 0.2) is 0 Å². The minimum atomic E-state index is -0.925. The number of thioether (sulfide) groups is 1. The molecule has 26 heavy (non-hydrogen) atoms. The second-order valence-electron chi connectivity index (χ2n) is 6.74. The smallest absolute Gasteiger partial charge is 0.292 e. The van der Waals surface area contributed by atoms with Gasteiger partial charge in [-0.3, -0.25) is 10.1 Å². The molecule has 3 aliphatic heterocycles. The Labute approximate surface area is 156 Å². The number of hydrogen-bond acceptors (Lipinski definition) is 5. The van der Waals surface area contributed by atoms with Crippen LogP contribution in [0.1, 0.15) is 36.9 Å². The molecule has 0 aromatic heterocycles. The van der Waals surface area contributed by atoms with E-state index < -0.39 is 5.85 Å². The summed E-state index contributed by atoms with van der Waals surface area (Å²) in [6, 6.07) is 18.3. The Kier molecular flexibility index (Phi) is 3.50. The molecule has 0 radical (unpaired) electrons. The fourth-order valence-electron chi connectivity index (χ4n) is 4.05. The average molecular weight is 365 g/mol. The van der Waals surface area contributed by atoms with Crippen molar-refractivity contribution in [3.05, 3.63) is 65.7 Å². The van der Waals surface area contributed by atoms with Crippen LogP contribution in [-0.4, -0.2) is 27.1 Å². The van der Waals surface area contributed by atoms with Crippen LogP contribution in [-0.2, 0) is 0 Å². The summed E-state index contributed by atoms with van der Waals surface area (Å²) < 4.78 is 6.42. The molecule has 3 heterocycles. The van der Waals surface area contributed by atoms with Crippen LogP contribution in [0, 0.1) is 0 Å². The van der Waals surface area contributed by atoms with Gasteiger partial charge in [-0.1, -0.05) is 67.2 Å². The van der Waals surface area contributed by atoms with Crippen molar-refractivity contribution in [2.45, 2.75) is 36.9 Å². The van der Waals surface area contributed by atoms with Gasteiger partial charge in [0.25, 0.3) is 11.1 Å². The Balaban J connectivity index is 1.65. The maximum absolute atomic E-state index is 12.2. The number of nitrogens with one attached hydrogen (secondary N) is 1. The summed E-state index contributed by atoms with van der Waals surface area (Å²) in [6.07, 6.45) is 1.61. The number of benzene rings is 2. The molecule has 0 aliphatic carbocycles. The lowest BCUT2D eigenvalue weighted by atomic mass is 9.95. The third kappa shape index (κ3) is 2.18. The second-order valence-corrected chi connectivity index (χ2v) is 7.92. The monoisotopic (exact) mass is 365 g/mol. The predicted molar refractivity (Wildman–Crippen MR) is 102 cm³/mol. The molecule has 132 valence electrons. The van der Waals surface area contributed by atoms with Gasteiger partial charge >= 0.3 is 0 Å². The molecule has 5 nitrogen and oxygen atoms in total. The van der Waals surface area contributed by atoms with Crippen molar-refractivity contribution in [3.63, 3.8) is 0 Å². The minimum Gasteiger partial charge on any atom is -0.447 e. The van der Waals surface area contributed by atoms with E-state index in [0.717, 1.165) is 35.4 Å². The van der Waals surface area contributed by atoms with Gasteiger partial charge in [-0.25, -0.2) is 5.01 Å². The van der Waals surface area contributed by atoms with Crippen LogP contribution >= 0.6 is 11.8 Å². The van der Waals surface area contributed by atoms with Gasteiger partial charge in [0.05, 0.1) is 17.0 Å². The fraction of sp³-hybridized carbons (Fsp3) is 0.300. The number of hydrogen-bond donors (Lipinski definition) is 1. The van der Waals surface area contributed by atoms with E-state index >= 15 is 0 Å². The van der Waals surface area contributed by atoms with E-state index in [1.54, 1.807) is 0 Å². The van der Waals surface area contributed by atoms with Crippen molar-refractivity contribution in [3.8, 4) is 5.75 Å². The fourth-order valence-corrected chi connectivity index (χ4v) is 5.05. The molecule has 5 rings (SSSR count). The first-order valence-electron chi connectivity index (χ1n) is 8.90. The molecule has 0 bridgehead atoms. The van der Waals surface area contributed by atoms with Crippen molar-refractivity contribution in [2.24, 2.45) is 5.10 Å². The van der Waals surface area contributed by atoms with Crippen LogP contribution in [0.3, 0.4) is 0 Å². The van der Waals surface area contributed by atoms with Gasteiger partial charge in [-0.05, 0) is 18.1 Å². The molecule has 1 N–H and O–H groups in total. The average Bonchev–Trinajstić information content (AvgIpc) is 3.25. The summed E-state index contributed by atoms with van der Waals surface area (Å²) in [4.78, 5) is 12.2. The summed E-state index contributed by atoms with van der Waals surface area (Å²) in [5.74, 6) is -0.0917. The van der Waals surface area contributed by atoms with Crippen LogP contribution in [0.15, 0.2) is 59.7 Å². The SMILES string of the molecule is CCC1SC(=O)NC12Oc1ccccc1C1CC(c3ccccc3)=NN12. The Morgan fingerprint density at radius 1 is 1.23 bits per heavy atom. The van der Waals surface area contributed by atoms with E-state index in [9.17, 15) is 4.79 Å². The molecule has 1 fully saturated rings. The molecule has 3 atom stereocenters. The summed E-state index contributed by atoms with van der Waals surface area (Å²) in [6.45, 7) is 2.08. The van der Waals surface area contributed by atoms with Crippen LogP contribution < -0.4 is 10.1 Å². The number of nitrogens with zero attached hydrogens (tertiary/aromatic N) is 2. The van der Waals surface area contributed by atoms with Gasteiger partial charge in [0.1, 0.15) is 5.75 Å².